The second kappa shape index (κ2) is 9.02. The van der Waals surface area contributed by atoms with Gasteiger partial charge in [0.2, 0.25) is 5.82 Å². The first-order valence-corrected chi connectivity index (χ1v) is 8.03. The summed E-state index contributed by atoms with van der Waals surface area (Å²) in [6, 6.07) is 3.16. The van der Waals surface area contributed by atoms with Crippen LogP contribution in [0, 0.1) is 0 Å². The molecule has 0 bridgehead atoms. The number of anilines is 1. The van der Waals surface area contributed by atoms with Crippen molar-refractivity contribution in [2.75, 3.05) is 18.5 Å². The highest BCUT2D eigenvalue weighted by atomic mass is 35.5. The van der Waals surface area contributed by atoms with Crippen LogP contribution in [0.3, 0.4) is 0 Å². The minimum Gasteiger partial charge on any atom is -0.491 e. The molecule has 0 aliphatic carbocycles. The molecule has 1 aromatic carbocycles. The molecule has 0 atom stereocenters. The number of hydrogen-bond acceptors (Lipinski definition) is 7. The highest BCUT2D eigenvalue weighted by Crippen LogP contribution is 2.33. The highest BCUT2D eigenvalue weighted by Gasteiger charge is 2.09. The van der Waals surface area contributed by atoms with Crippen LogP contribution in [-0.2, 0) is 4.79 Å². The van der Waals surface area contributed by atoms with E-state index in [9.17, 15) is 14.4 Å². The summed E-state index contributed by atoms with van der Waals surface area (Å²) in [6.07, 6.45) is 1.34. The molecule has 0 spiro atoms. The van der Waals surface area contributed by atoms with Crippen LogP contribution in [0.1, 0.15) is 12.5 Å². The predicted octanol–water partition coefficient (Wildman–Crippen LogP) is 0.726. The van der Waals surface area contributed by atoms with Crippen molar-refractivity contribution < 1.29 is 9.53 Å². The Balaban J connectivity index is 1.92. The molecule has 138 valence electrons. The second-order valence-corrected chi connectivity index (χ2v) is 5.56. The van der Waals surface area contributed by atoms with Crippen LogP contribution < -0.4 is 26.7 Å². The molecule has 1 heterocycles. The quantitative estimate of drug-likeness (QED) is 0.398. The lowest BCUT2D eigenvalue weighted by atomic mass is 10.2. The summed E-state index contributed by atoms with van der Waals surface area (Å²) in [5, 5.41) is 12.4. The number of aromatic nitrogens is 3. The average Bonchev–Trinajstić information content (AvgIpc) is 2.57. The van der Waals surface area contributed by atoms with Gasteiger partial charge in [-0.15, -0.1) is 5.10 Å². The minimum atomic E-state index is -0.748. The van der Waals surface area contributed by atoms with Crippen molar-refractivity contribution in [3.8, 4) is 5.75 Å². The van der Waals surface area contributed by atoms with Crippen molar-refractivity contribution in [1.82, 2.24) is 20.6 Å². The molecule has 0 aliphatic heterocycles. The van der Waals surface area contributed by atoms with Crippen LogP contribution in [0.4, 0.5) is 5.82 Å². The summed E-state index contributed by atoms with van der Waals surface area (Å²) in [6.45, 7) is 1.94. The van der Waals surface area contributed by atoms with Crippen molar-refractivity contribution in [2.24, 2.45) is 5.10 Å². The molecule has 1 amide bonds. The number of rotatable bonds is 7. The maximum Gasteiger partial charge on any atom is 0.342 e. The van der Waals surface area contributed by atoms with Crippen LogP contribution in [0.2, 0.25) is 10.0 Å². The monoisotopic (exact) mass is 400 g/mol. The summed E-state index contributed by atoms with van der Waals surface area (Å²) in [5.41, 5.74) is 1.31. The molecule has 10 nitrogen and oxygen atoms in total. The number of ether oxygens (including phenoxy) is 1. The Kier molecular flexibility index (Phi) is 6.75. The predicted molar refractivity (Wildman–Crippen MR) is 97.3 cm³/mol. The zero-order chi connectivity index (χ0) is 19.1. The fourth-order valence-electron chi connectivity index (χ4n) is 1.79. The van der Waals surface area contributed by atoms with Crippen LogP contribution >= 0.6 is 23.2 Å². The lowest BCUT2D eigenvalue weighted by Gasteiger charge is -2.08. The molecule has 2 rings (SSSR count). The van der Waals surface area contributed by atoms with E-state index in [1.807, 2.05) is 17.0 Å². The summed E-state index contributed by atoms with van der Waals surface area (Å²) in [4.78, 5) is 35.9. The highest BCUT2D eigenvalue weighted by molar-refractivity contribution is 6.37. The summed E-state index contributed by atoms with van der Waals surface area (Å²) >= 11 is 12.1. The summed E-state index contributed by atoms with van der Waals surface area (Å²) in [7, 11) is 0. The Labute approximate surface area is 156 Å². The smallest absolute Gasteiger partial charge is 0.342 e. The average molecular weight is 401 g/mol. The molecule has 2 aromatic rings. The normalized spacial score (nSPS) is 10.7. The Morgan fingerprint density at radius 2 is 2.04 bits per heavy atom. The Morgan fingerprint density at radius 1 is 1.35 bits per heavy atom. The van der Waals surface area contributed by atoms with Gasteiger partial charge in [-0.1, -0.05) is 23.2 Å². The molecular formula is C14H14Cl2N6O4. The van der Waals surface area contributed by atoms with Gasteiger partial charge in [0.05, 0.1) is 29.4 Å². The number of hydrazone groups is 1. The second-order valence-electron chi connectivity index (χ2n) is 4.75. The van der Waals surface area contributed by atoms with Crippen LogP contribution in [0.15, 0.2) is 26.8 Å². The third kappa shape index (κ3) is 5.33. The number of benzene rings is 1. The number of nitrogens with one attached hydrogen (secondary N) is 4. The van der Waals surface area contributed by atoms with E-state index in [0.29, 0.717) is 28.0 Å². The third-order valence-corrected chi connectivity index (χ3v) is 3.40. The van der Waals surface area contributed by atoms with E-state index in [2.05, 4.69) is 20.9 Å². The first-order valence-electron chi connectivity index (χ1n) is 7.27. The molecule has 1 aromatic heterocycles. The fraction of sp³-hybridized carbons (Fsp3) is 0.214. The number of amides is 1. The van der Waals surface area contributed by atoms with Crippen LogP contribution in [0.25, 0.3) is 0 Å². The Hall–Kier alpha value is -2.85. The number of hydrogen-bond donors (Lipinski definition) is 4. The van der Waals surface area contributed by atoms with Crippen LogP contribution in [0.5, 0.6) is 5.75 Å². The van der Waals surface area contributed by atoms with Crippen molar-refractivity contribution in [3.05, 3.63) is 48.6 Å². The van der Waals surface area contributed by atoms with Gasteiger partial charge in [-0.2, -0.15) is 5.10 Å². The number of halogens is 2. The molecule has 0 saturated carbocycles. The van der Waals surface area contributed by atoms with Crippen LogP contribution in [-0.4, -0.2) is 40.5 Å². The molecule has 0 radical (unpaired) electrons. The molecule has 0 unspecified atom stereocenters. The summed E-state index contributed by atoms with van der Waals surface area (Å²) < 4.78 is 5.31. The third-order valence-electron chi connectivity index (χ3n) is 2.84. The number of nitrogens with zero attached hydrogens (tertiary/aromatic N) is 2. The number of H-pyrrole nitrogens is 2. The fourth-order valence-corrected chi connectivity index (χ4v) is 2.40. The maximum absolute atomic E-state index is 11.7. The Morgan fingerprint density at radius 3 is 2.65 bits per heavy atom. The zero-order valence-corrected chi connectivity index (χ0v) is 14.9. The van der Waals surface area contributed by atoms with Gasteiger partial charge < -0.3 is 10.1 Å². The molecule has 0 saturated heterocycles. The number of carbonyl (C=O) groups is 1. The van der Waals surface area contributed by atoms with Crippen molar-refractivity contribution in [1.29, 1.82) is 0 Å². The minimum absolute atomic E-state index is 0.200. The van der Waals surface area contributed by atoms with E-state index in [-0.39, 0.29) is 12.4 Å². The lowest BCUT2D eigenvalue weighted by molar-refractivity contribution is -0.119. The standard InChI is InChI=1S/C14H14Cl2N6O4/c1-2-26-11-8(15)3-7(4-9(11)16)5-18-20-10(23)6-17-12-13(24)19-14(25)22-21-12/h3-5H,2,6H2,1H3,(H,17,21)(H,20,23)(H2,19,22,24,25)/b18-5+. The molecular weight excluding hydrogens is 387 g/mol. The molecule has 0 fully saturated rings. The van der Waals surface area contributed by atoms with Gasteiger partial charge in [0.25, 0.3) is 11.5 Å². The zero-order valence-electron chi connectivity index (χ0n) is 13.4. The van der Waals surface area contributed by atoms with Gasteiger partial charge in [0, 0.05) is 0 Å². The van der Waals surface area contributed by atoms with Gasteiger partial charge in [-0.3, -0.25) is 14.6 Å². The SMILES string of the molecule is CCOc1c(Cl)cc(/C=N/NC(=O)CNc2n[nH]c(=O)[nH]c2=O)cc1Cl. The van der Waals surface area contributed by atoms with Crippen molar-refractivity contribution in [2.45, 2.75) is 6.92 Å². The van der Waals surface area contributed by atoms with Gasteiger partial charge in [-0.25, -0.2) is 15.3 Å². The largest absolute Gasteiger partial charge is 0.491 e. The van der Waals surface area contributed by atoms with Gasteiger partial charge >= 0.3 is 5.69 Å². The van der Waals surface area contributed by atoms with E-state index in [0.717, 1.165) is 0 Å². The van der Waals surface area contributed by atoms with Gasteiger partial charge in [0.1, 0.15) is 0 Å². The number of aromatic amines is 2. The van der Waals surface area contributed by atoms with Gasteiger partial charge in [0.15, 0.2) is 5.75 Å². The van der Waals surface area contributed by atoms with E-state index >= 15 is 0 Å². The maximum atomic E-state index is 11.7. The van der Waals surface area contributed by atoms with Crippen molar-refractivity contribution in [3.63, 3.8) is 0 Å². The topological polar surface area (TPSA) is 141 Å². The first-order chi connectivity index (χ1) is 12.4. The van der Waals surface area contributed by atoms with Crippen molar-refractivity contribution >= 4 is 41.1 Å². The van der Waals surface area contributed by atoms with E-state index in [4.69, 9.17) is 27.9 Å². The number of carbonyl (C=O) groups excluding carboxylic acids is 1. The molecule has 26 heavy (non-hydrogen) atoms. The molecule has 12 heteroatoms. The van der Waals surface area contributed by atoms with E-state index < -0.39 is 17.2 Å². The Bertz CT molecular complexity index is 917. The summed E-state index contributed by atoms with van der Waals surface area (Å²) in [5.74, 6) is -0.370. The lowest BCUT2D eigenvalue weighted by Crippen LogP contribution is -2.31. The van der Waals surface area contributed by atoms with Gasteiger partial charge in [-0.05, 0) is 24.6 Å². The molecule has 0 aliphatic rings. The van der Waals surface area contributed by atoms with E-state index in [1.165, 1.54) is 6.21 Å². The van der Waals surface area contributed by atoms with E-state index in [1.54, 1.807) is 12.1 Å². The first kappa shape index (κ1) is 19.5. The molecule has 4 N–H and O–H groups in total.